The van der Waals surface area contributed by atoms with Crippen molar-refractivity contribution in [3.8, 4) is 11.5 Å². The first-order valence-corrected chi connectivity index (χ1v) is 12.5. The molecular weight excluding hydrogens is 546 g/mol. The average molecular weight is 574 g/mol. The van der Waals surface area contributed by atoms with Crippen LogP contribution in [-0.2, 0) is 6.42 Å². The largest absolute Gasteiger partial charge is 0.457 e. The Hall–Kier alpha value is -2.11. The highest BCUT2D eigenvalue weighted by molar-refractivity contribution is 6.31. The third-order valence-corrected chi connectivity index (χ3v) is 7.21. The molecule has 12 heteroatoms. The monoisotopic (exact) mass is 573 g/mol. The summed E-state index contributed by atoms with van der Waals surface area (Å²) in [4.78, 5) is 0. The van der Waals surface area contributed by atoms with Crippen LogP contribution in [0.1, 0.15) is 49.8 Å². The summed E-state index contributed by atoms with van der Waals surface area (Å²) in [6.07, 6.45) is -13.5. The van der Waals surface area contributed by atoms with Crippen molar-refractivity contribution >= 4 is 11.6 Å². The number of halogens is 9. The molecule has 2 aromatic rings. The number of aliphatic hydroxyl groups is 1. The summed E-state index contributed by atoms with van der Waals surface area (Å²) in [5, 5.41) is 12.6. The van der Waals surface area contributed by atoms with E-state index in [0.29, 0.717) is 22.8 Å². The van der Waals surface area contributed by atoms with Crippen molar-refractivity contribution in [1.29, 1.82) is 0 Å². The van der Waals surface area contributed by atoms with E-state index < -0.39 is 55.2 Å². The molecule has 1 saturated carbocycles. The van der Waals surface area contributed by atoms with Gasteiger partial charge in [-0.3, -0.25) is 0 Å². The van der Waals surface area contributed by atoms with E-state index in [1.165, 1.54) is 12.1 Å². The zero-order chi connectivity index (χ0) is 28.3. The van der Waals surface area contributed by atoms with Crippen LogP contribution >= 0.6 is 11.6 Å². The predicted octanol–water partition coefficient (Wildman–Crippen LogP) is 8.25. The Morgan fingerprint density at radius 2 is 1.68 bits per heavy atom. The summed E-state index contributed by atoms with van der Waals surface area (Å²) >= 11 is 6.13. The van der Waals surface area contributed by atoms with Crippen LogP contribution in [0.25, 0.3) is 0 Å². The quantitative estimate of drug-likeness (QED) is 0.297. The average Bonchev–Trinajstić information content (AvgIpc) is 2.84. The fourth-order valence-electron chi connectivity index (χ4n) is 4.80. The number of hydrogen-bond acceptors (Lipinski definition) is 3. The van der Waals surface area contributed by atoms with Crippen molar-refractivity contribution in [3.63, 3.8) is 0 Å². The maximum absolute atomic E-state index is 14.2. The second kappa shape index (κ2) is 12.0. The maximum Gasteiger partial charge on any atom is 0.453 e. The van der Waals surface area contributed by atoms with Gasteiger partial charge in [0.25, 0.3) is 0 Å². The van der Waals surface area contributed by atoms with Crippen LogP contribution in [0.4, 0.5) is 35.1 Å². The summed E-state index contributed by atoms with van der Waals surface area (Å²) in [7, 11) is 0. The first kappa shape index (κ1) is 30.4. The molecule has 38 heavy (non-hydrogen) atoms. The molecule has 0 saturated heterocycles. The Kier molecular flexibility index (Phi) is 9.58. The van der Waals surface area contributed by atoms with Crippen LogP contribution < -0.4 is 10.1 Å². The Morgan fingerprint density at radius 3 is 2.32 bits per heavy atom. The zero-order valence-electron chi connectivity index (χ0n) is 20.4. The van der Waals surface area contributed by atoms with Gasteiger partial charge in [-0.15, -0.1) is 0 Å². The van der Waals surface area contributed by atoms with E-state index in [1.54, 1.807) is 30.3 Å². The highest BCUT2D eigenvalue weighted by atomic mass is 35.5. The molecule has 3 rings (SSSR count). The van der Waals surface area contributed by atoms with Crippen molar-refractivity contribution in [1.82, 2.24) is 5.32 Å². The fourth-order valence-corrected chi connectivity index (χ4v) is 5.05. The van der Waals surface area contributed by atoms with E-state index in [-0.39, 0.29) is 25.0 Å². The normalized spacial score (nSPS) is 20.7. The highest BCUT2D eigenvalue weighted by Gasteiger charge is 2.62. The molecule has 4 atom stereocenters. The SMILES string of the molecule is CCc1cc(Oc2cccc(C(NCC(O)C(F)(F)F)C3CCCC(C(F)(F)C(F)(F)F)C3)c2)ccc1Cl. The molecule has 0 amide bonds. The lowest BCUT2D eigenvalue weighted by molar-refractivity contribution is -0.307. The minimum atomic E-state index is -5.74. The number of aliphatic hydroxyl groups excluding tert-OH is 1. The Labute approximate surface area is 220 Å². The highest BCUT2D eigenvalue weighted by Crippen LogP contribution is 2.50. The van der Waals surface area contributed by atoms with Gasteiger partial charge in [-0.1, -0.05) is 37.1 Å². The molecular formula is C26H28ClF8NO2. The molecule has 2 aromatic carbocycles. The van der Waals surface area contributed by atoms with Gasteiger partial charge in [0.15, 0.2) is 6.10 Å². The maximum atomic E-state index is 14.2. The van der Waals surface area contributed by atoms with Crippen molar-refractivity contribution in [3.05, 3.63) is 58.6 Å². The fraction of sp³-hybridized carbons (Fsp3) is 0.538. The smallest absolute Gasteiger partial charge is 0.453 e. The van der Waals surface area contributed by atoms with Crippen molar-refractivity contribution < 1.29 is 45.0 Å². The molecule has 212 valence electrons. The van der Waals surface area contributed by atoms with E-state index in [0.717, 1.165) is 5.56 Å². The zero-order valence-corrected chi connectivity index (χ0v) is 21.1. The van der Waals surface area contributed by atoms with Gasteiger partial charge in [-0.2, -0.15) is 35.1 Å². The van der Waals surface area contributed by atoms with Gasteiger partial charge in [0.1, 0.15) is 11.5 Å². The third kappa shape index (κ3) is 7.30. The summed E-state index contributed by atoms with van der Waals surface area (Å²) < 4.78 is 112. The number of ether oxygens (including phenoxy) is 1. The second-order valence-corrected chi connectivity index (χ2v) is 9.88. The van der Waals surface area contributed by atoms with Gasteiger partial charge in [0.05, 0.1) is 0 Å². The molecule has 0 aliphatic heterocycles. The van der Waals surface area contributed by atoms with Crippen LogP contribution in [0.3, 0.4) is 0 Å². The number of hydrogen-bond donors (Lipinski definition) is 2. The van der Waals surface area contributed by atoms with Crippen LogP contribution in [-0.4, -0.2) is 36.0 Å². The number of benzene rings is 2. The van der Waals surface area contributed by atoms with Gasteiger partial charge in [0, 0.05) is 23.5 Å². The lowest BCUT2D eigenvalue weighted by atomic mass is 9.73. The van der Waals surface area contributed by atoms with Gasteiger partial charge in [0.2, 0.25) is 0 Å². The van der Waals surface area contributed by atoms with Gasteiger partial charge in [-0.05, 0) is 73.1 Å². The molecule has 0 spiro atoms. The van der Waals surface area contributed by atoms with Gasteiger partial charge >= 0.3 is 18.3 Å². The van der Waals surface area contributed by atoms with E-state index in [4.69, 9.17) is 16.3 Å². The predicted molar refractivity (Wildman–Crippen MR) is 127 cm³/mol. The van der Waals surface area contributed by atoms with E-state index in [9.17, 15) is 40.2 Å². The first-order valence-electron chi connectivity index (χ1n) is 12.1. The lowest BCUT2D eigenvalue weighted by Crippen LogP contribution is -2.47. The molecule has 1 aliphatic rings. The number of rotatable bonds is 9. The second-order valence-electron chi connectivity index (χ2n) is 9.47. The van der Waals surface area contributed by atoms with Crippen LogP contribution in [0.5, 0.6) is 11.5 Å². The number of aryl methyl sites for hydroxylation is 1. The molecule has 0 bridgehead atoms. The van der Waals surface area contributed by atoms with E-state index in [2.05, 4.69) is 5.32 Å². The topological polar surface area (TPSA) is 41.5 Å². The molecule has 3 nitrogen and oxygen atoms in total. The minimum absolute atomic E-state index is 0.0434. The summed E-state index contributed by atoms with van der Waals surface area (Å²) in [6, 6.07) is 10.1. The van der Waals surface area contributed by atoms with Crippen molar-refractivity contribution in [2.24, 2.45) is 11.8 Å². The Bertz CT molecular complexity index is 1080. The standard InChI is InChI=1S/C26H28ClF8NO2/c1-2-15-12-20(9-10-21(15)27)38-19-8-4-6-17(13-19)23(36-14-22(37)25(30,31)32)16-5-3-7-18(11-16)24(28,29)26(33,34)35/h4,6,8-10,12-13,16,18,22-23,36-37H,2-3,5,7,11,14H2,1H3. The van der Waals surface area contributed by atoms with Gasteiger partial charge in [-0.25, -0.2) is 0 Å². The molecule has 0 heterocycles. The van der Waals surface area contributed by atoms with E-state index in [1.807, 2.05) is 6.92 Å². The third-order valence-electron chi connectivity index (χ3n) is 6.84. The number of alkyl halides is 8. The Morgan fingerprint density at radius 1 is 1.00 bits per heavy atom. The van der Waals surface area contributed by atoms with Crippen molar-refractivity contribution in [2.45, 2.75) is 69.4 Å². The number of nitrogens with one attached hydrogen (secondary N) is 1. The summed E-state index contributed by atoms with van der Waals surface area (Å²) in [5.41, 5.74) is 1.15. The van der Waals surface area contributed by atoms with Crippen molar-refractivity contribution in [2.75, 3.05) is 6.54 Å². The van der Waals surface area contributed by atoms with Gasteiger partial charge < -0.3 is 15.2 Å². The molecule has 4 unspecified atom stereocenters. The lowest BCUT2D eigenvalue weighted by Gasteiger charge is -2.39. The van der Waals surface area contributed by atoms with Crippen LogP contribution in [0.15, 0.2) is 42.5 Å². The minimum Gasteiger partial charge on any atom is -0.457 e. The first-order chi connectivity index (χ1) is 17.6. The molecule has 2 N–H and O–H groups in total. The molecule has 1 aliphatic carbocycles. The van der Waals surface area contributed by atoms with E-state index >= 15 is 0 Å². The molecule has 0 aromatic heterocycles. The molecule has 1 fully saturated rings. The summed E-state index contributed by atoms with van der Waals surface area (Å²) in [6.45, 7) is 0.935. The van der Waals surface area contributed by atoms with Crippen LogP contribution in [0.2, 0.25) is 5.02 Å². The molecule has 0 radical (unpaired) electrons. The Balaban J connectivity index is 1.90. The summed E-state index contributed by atoms with van der Waals surface area (Å²) in [5.74, 6) is -7.08. The van der Waals surface area contributed by atoms with Crippen LogP contribution in [0, 0.1) is 11.8 Å².